The molecule has 2 aromatic carbocycles. The van der Waals surface area contributed by atoms with Gasteiger partial charge in [-0.2, -0.15) is 0 Å². The fourth-order valence-electron chi connectivity index (χ4n) is 2.42. The van der Waals surface area contributed by atoms with Crippen molar-refractivity contribution in [3.63, 3.8) is 0 Å². The third-order valence-electron chi connectivity index (χ3n) is 3.50. The van der Waals surface area contributed by atoms with Gasteiger partial charge >= 0.3 is 0 Å². The zero-order valence-corrected chi connectivity index (χ0v) is 13.5. The highest BCUT2D eigenvalue weighted by molar-refractivity contribution is 8.27. The predicted molar refractivity (Wildman–Crippen MR) is 94.7 cm³/mol. The van der Waals surface area contributed by atoms with Crippen molar-refractivity contribution in [1.29, 1.82) is 0 Å². The number of nitrogens with zero attached hydrogens (tertiary/aromatic N) is 1. The minimum absolute atomic E-state index is 0.108. The third-order valence-corrected chi connectivity index (χ3v) is 4.80. The molecule has 23 heavy (non-hydrogen) atoms. The van der Waals surface area contributed by atoms with E-state index >= 15 is 0 Å². The lowest BCUT2D eigenvalue weighted by Crippen LogP contribution is -2.27. The van der Waals surface area contributed by atoms with Gasteiger partial charge in [-0.25, -0.2) is 0 Å². The molecule has 0 saturated carbocycles. The number of anilines is 1. The second kappa shape index (κ2) is 5.72. The van der Waals surface area contributed by atoms with Gasteiger partial charge in [-0.1, -0.05) is 48.2 Å². The quantitative estimate of drug-likeness (QED) is 0.613. The maximum absolute atomic E-state index is 12.6. The van der Waals surface area contributed by atoms with Crippen LogP contribution in [0.25, 0.3) is 6.08 Å². The van der Waals surface area contributed by atoms with Crippen LogP contribution in [0.5, 0.6) is 11.5 Å². The second-order valence-corrected chi connectivity index (χ2v) is 6.64. The van der Waals surface area contributed by atoms with Gasteiger partial charge in [-0.05, 0) is 35.9 Å². The van der Waals surface area contributed by atoms with Crippen molar-refractivity contribution in [3.05, 3.63) is 59.0 Å². The summed E-state index contributed by atoms with van der Waals surface area (Å²) in [7, 11) is 0. The number of rotatable bonds is 2. The lowest BCUT2D eigenvalue weighted by atomic mass is 10.2. The van der Waals surface area contributed by atoms with Crippen LogP contribution in [-0.4, -0.2) is 17.0 Å². The monoisotopic (exact) mass is 341 g/mol. The van der Waals surface area contributed by atoms with Gasteiger partial charge in [0.25, 0.3) is 5.91 Å². The second-order valence-electron chi connectivity index (χ2n) is 4.97. The number of hydrogen-bond donors (Lipinski definition) is 0. The summed E-state index contributed by atoms with van der Waals surface area (Å²) < 4.78 is 11.2. The Labute approximate surface area is 142 Å². The van der Waals surface area contributed by atoms with Gasteiger partial charge in [0, 0.05) is 0 Å². The Kier molecular flexibility index (Phi) is 3.55. The molecule has 2 heterocycles. The molecule has 114 valence electrons. The van der Waals surface area contributed by atoms with Crippen LogP contribution in [0.1, 0.15) is 5.56 Å². The lowest BCUT2D eigenvalue weighted by molar-refractivity contribution is -0.113. The van der Waals surface area contributed by atoms with Crippen molar-refractivity contribution in [2.24, 2.45) is 0 Å². The van der Waals surface area contributed by atoms with Gasteiger partial charge in [0.1, 0.15) is 0 Å². The zero-order valence-electron chi connectivity index (χ0n) is 11.9. The molecule has 0 unspecified atom stereocenters. The number of para-hydroxylation sites is 1. The van der Waals surface area contributed by atoms with E-state index in [2.05, 4.69) is 0 Å². The fourth-order valence-corrected chi connectivity index (χ4v) is 3.72. The largest absolute Gasteiger partial charge is 0.454 e. The molecule has 2 aliphatic rings. The van der Waals surface area contributed by atoms with E-state index in [0.717, 1.165) is 17.0 Å². The van der Waals surface area contributed by atoms with Gasteiger partial charge in [0.2, 0.25) is 6.79 Å². The highest BCUT2D eigenvalue weighted by Crippen LogP contribution is 2.38. The molecule has 0 bridgehead atoms. The first-order valence-corrected chi connectivity index (χ1v) is 8.17. The van der Waals surface area contributed by atoms with E-state index in [1.807, 2.05) is 54.6 Å². The van der Waals surface area contributed by atoms with Crippen LogP contribution in [-0.2, 0) is 4.79 Å². The van der Waals surface area contributed by atoms with Crippen molar-refractivity contribution in [2.75, 3.05) is 11.7 Å². The molecular weight excluding hydrogens is 330 g/mol. The highest BCUT2D eigenvalue weighted by atomic mass is 32.2. The van der Waals surface area contributed by atoms with Crippen molar-refractivity contribution in [1.82, 2.24) is 0 Å². The van der Waals surface area contributed by atoms with Crippen LogP contribution < -0.4 is 14.4 Å². The minimum Gasteiger partial charge on any atom is -0.454 e. The highest BCUT2D eigenvalue weighted by Gasteiger charge is 2.33. The first-order valence-electron chi connectivity index (χ1n) is 6.95. The maximum atomic E-state index is 12.6. The molecular formula is C17H11NO3S2. The molecule has 6 heteroatoms. The Bertz CT molecular complexity index is 833. The van der Waals surface area contributed by atoms with E-state index in [-0.39, 0.29) is 12.7 Å². The molecule has 1 amide bonds. The Morgan fingerprint density at radius 1 is 1.09 bits per heavy atom. The number of amides is 1. The Morgan fingerprint density at radius 2 is 1.87 bits per heavy atom. The van der Waals surface area contributed by atoms with Gasteiger partial charge in [0.05, 0.1) is 10.6 Å². The topological polar surface area (TPSA) is 38.8 Å². The molecule has 0 N–H and O–H groups in total. The van der Waals surface area contributed by atoms with Gasteiger partial charge in [-0.15, -0.1) is 0 Å². The average Bonchev–Trinajstić information content (AvgIpc) is 3.13. The van der Waals surface area contributed by atoms with Gasteiger partial charge < -0.3 is 9.47 Å². The molecule has 1 fully saturated rings. The van der Waals surface area contributed by atoms with E-state index in [1.54, 1.807) is 4.90 Å². The minimum atomic E-state index is -0.108. The normalized spacial score (nSPS) is 18.1. The molecule has 0 aliphatic carbocycles. The number of thioether (sulfide) groups is 1. The van der Waals surface area contributed by atoms with Crippen LogP contribution in [0.15, 0.2) is 53.4 Å². The standard InChI is InChI=1S/C17H11NO3S2/c19-16-15(9-11-6-7-13-14(8-11)21-10-20-13)23-17(22)18(16)12-4-2-1-3-5-12/h1-9H,10H2/b15-9+. The molecule has 0 atom stereocenters. The predicted octanol–water partition coefficient (Wildman–Crippen LogP) is 3.82. The Balaban J connectivity index is 1.65. The third kappa shape index (κ3) is 2.60. The number of thiocarbonyl (C=S) groups is 1. The number of carbonyl (C=O) groups is 1. The van der Waals surface area contributed by atoms with Gasteiger partial charge in [-0.3, -0.25) is 9.69 Å². The summed E-state index contributed by atoms with van der Waals surface area (Å²) in [5, 5.41) is 0. The molecule has 0 spiro atoms. The van der Waals surface area contributed by atoms with Crippen LogP contribution in [0.4, 0.5) is 5.69 Å². The van der Waals surface area contributed by atoms with E-state index in [1.165, 1.54) is 11.8 Å². The van der Waals surface area contributed by atoms with Crippen molar-refractivity contribution < 1.29 is 14.3 Å². The first kappa shape index (κ1) is 14.3. The lowest BCUT2D eigenvalue weighted by Gasteiger charge is -2.13. The smallest absolute Gasteiger partial charge is 0.270 e. The van der Waals surface area contributed by atoms with E-state index in [9.17, 15) is 4.79 Å². The summed E-state index contributed by atoms with van der Waals surface area (Å²) in [6.07, 6.45) is 1.82. The van der Waals surface area contributed by atoms with E-state index < -0.39 is 0 Å². The Hall–Kier alpha value is -2.31. The van der Waals surface area contributed by atoms with Crippen LogP contribution in [0.3, 0.4) is 0 Å². The number of fused-ring (bicyclic) bond motifs is 1. The summed E-state index contributed by atoms with van der Waals surface area (Å²) in [6, 6.07) is 15.0. The van der Waals surface area contributed by atoms with Gasteiger partial charge in [0.15, 0.2) is 15.8 Å². The summed E-state index contributed by atoms with van der Waals surface area (Å²) in [5.41, 5.74) is 1.66. The average molecular weight is 341 g/mol. The molecule has 0 aromatic heterocycles. The number of benzene rings is 2. The molecule has 0 radical (unpaired) electrons. The van der Waals surface area contributed by atoms with Crippen molar-refractivity contribution >= 4 is 46.0 Å². The SMILES string of the molecule is O=C1/C(=C\c2ccc3c(c2)OCO3)SC(=S)N1c1ccccc1. The summed E-state index contributed by atoms with van der Waals surface area (Å²) >= 11 is 6.66. The molecule has 1 saturated heterocycles. The summed E-state index contributed by atoms with van der Waals surface area (Å²) in [4.78, 5) is 14.8. The van der Waals surface area contributed by atoms with Crippen LogP contribution in [0.2, 0.25) is 0 Å². The Morgan fingerprint density at radius 3 is 2.70 bits per heavy atom. The number of carbonyl (C=O) groups excluding carboxylic acids is 1. The summed E-state index contributed by atoms with van der Waals surface area (Å²) in [5.74, 6) is 1.31. The van der Waals surface area contributed by atoms with Crippen LogP contribution in [0, 0.1) is 0 Å². The van der Waals surface area contributed by atoms with E-state index in [0.29, 0.717) is 15.0 Å². The summed E-state index contributed by atoms with van der Waals surface area (Å²) in [6.45, 7) is 0.231. The molecule has 2 aromatic rings. The molecule has 4 rings (SSSR count). The number of ether oxygens (including phenoxy) is 2. The van der Waals surface area contributed by atoms with Crippen molar-refractivity contribution in [3.8, 4) is 11.5 Å². The molecule has 2 aliphatic heterocycles. The van der Waals surface area contributed by atoms with Crippen molar-refractivity contribution in [2.45, 2.75) is 0 Å². The fraction of sp³-hybridized carbons (Fsp3) is 0.0588. The first-order chi connectivity index (χ1) is 11.2. The van der Waals surface area contributed by atoms with Crippen LogP contribution >= 0.6 is 24.0 Å². The number of hydrogen-bond acceptors (Lipinski definition) is 5. The zero-order chi connectivity index (χ0) is 15.8. The van der Waals surface area contributed by atoms with E-state index in [4.69, 9.17) is 21.7 Å². The molecule has 4 nitrogen and oxygen atoms in total. The maximum Gasteiger partial charge on any atom is 0.270 e.